The molecule has 3 heteroatoms. The number of benzene rings is 2. The summed E-state index contributed by atoms with van der Waals surface area (Å²) < 4.78 is 0.953. The molecule has 29 heavy (non-hydrogen) atoms. The fourth-order valence-corrected chi connectivity index (χ4v) is 5.91. The highest BCUT2D eigenvalue weighted by Crippen LogP contribution is 2.47. The van der Waals surface area contributed by atoms with Crippen molar-refractivity contribution in [2.45, 2.75) is 31.5 Å². The zero-order chi connectivity index (χ0) is 19.8. The third-order valence-corrected chi connectivity index (χ3v) is 7.38. The third-order valence-electron chi connectivity index (χ3n) is 7.38. The second kappa shape index (κ2) is 7.40. The average Bonchev–Trinajstić information content (AvgIpc) is 2.78. The number of fused-ring (bicyclic) bond motifs is 4. The van der Waals surface area contributed by atoms with Crippen LogP contribution in [0.5, 0.6) is 0 Å². The van der Waals surface area contributed by atoms with E-state index in [2.05, 4.69) is 54.0 Å². The number of aliphatic hydroxyl groups excluding tert-OH is 1. The average molecular weight is 386 g/mol. The SMILES string of the molecule is C=C[C@@H]1C[N@@+]2(Cc3ccccc3)CC[C@H]1C[C@@H]2[C@@H](O)c1ccnc2ccccc12. The van der Waals surface area contributed by atoms with Crippen molar-refractivity contribution in [3.05, 3.63) is 90.6 Å². The maximum Gasteiger partial charge on any atom is 0.131 e. The van der Waals surface area contributed by atoms with Gasteiger partial charge in [-0.1, -0.05) is 54.6 Å². The molecule has 1 N–H and O–H groups in total. The van der Waals surface area contributed by atoms with E-state index in [4.69, 9.17) is 0 Å². The van der Waals surface area contributed by atoms with Crippen molar-refractivity contribution in [3.8, 4) is 0 Å². The lowest BCUT2D eigenvalue weighted by atomic mass is 9.71. The summed E-state index contributed by atoms with van der Waals surface area (Å²) in [7, 11) is 0. The fourth-order valence-electron chi connectivity index (χ4n) is 5.91. The molecule has 0 unspecified atom stereocenters. The summed E-state index contributed by atoms with van der Waals surface area (Å²) in [6, 6.07) is 21.2. The molecule has 4 heterocycles. The van der Waals surface area contributed by atoms with Gasteiger partial charge in [-0.05, 0) is 23.6 Å². The van der Waals surface area contributed by atoms with Crippen LogP contribution >= 0.6 is 0 Å². The Morgan fingerprint density at radius 2 is 1.90 bits per heavy atom. The van der Waals surface area contributed by atoms with Crippen molar-refractivity contribution in [3.63, 3.8) is 0 Å². The quantitative estimate of drug-likeness (QED) is 0.502. The van der Waals surface area contributed by atoms with Gasteiger partial charge in [0.2, 0.25) is 0 Å². The predicted molar refractivity (Wildman–Crippen MR) is 117 cm³/mol. The van der Waals surface area contributed by atoms with Gasteiger partial charge in [-0.2, -0.15) is 0 Å². The van der Waals surface area contributed by atoms with Gasteiger partial charge in [-0.3, -0.25) is 4.98 Å². The summed E-state index contributed by atoms with van der Waals surface area (Å²) in [5, 5.41) is 12.8. The lowest BCUT2D eigenvalue weighted by molar-refractivity contribution is -0.984. The lowest BCUT2D eigenvalue weighted by Crippen LogP contribution is -2.67. The van der Waals surface area contributed by atoms with Crippen LogP contribution in [0.15, 0.2) is 79.5 Å². The summed E-state index contributed by atoms with van der Waals surface area (Å²) >= 11 is 0. The number of nitrogens with zero attached hydrogens (tertiary/aromatic N) is 2. The van der Waals surface area contributed by atoms with Crippen molar-refractivity contribution in [1.29, 1.82) is 0 Å². The normalized spacial score (nSPS) is 29.6. The summed E-state index contributed by atoms with van der Waals surface area (Å²) in [6.45, 7) is 7.32. The summed E-state index contributed by atoms with van der Waals surface area (Å²) in [4.78, 5) is 4.50. The Hall–Kier alpha value is -2.49. The van der Waals surface area contributed by atoms with Gasteiger partial charge in [0.25, 0.3) is 0 Å². The number of aromatic nitrogens is 1. The largest absolute Gasteiger partial charge is 0.382 e. The number of hydrogen-bond donors (Lipinski definition) is 1. The van der Waals surface area contributed by atoms with Gasteiger partial charge >= 0.3 is 0 Å². The highest BCUT2D eigenvalue weighted by Gasteiger charge is 2.53. The number of hydrogen-bond acceptors (Lipinski definition) is 2. The maximum absolute atomic E-state index is 11.7. The molecular formula is C26H29N2O+. The molecule has 0 aliphatic carbocycles. The Morgan fingerprint density at radius 1 is 1.10 bits per heavy atom. The van der Waals surface area contributed by atoms with Crippen molar-refractivity contribution < 1.29 is 9.59 Å². The van der Waals surface area contributed by atoms with Crippen LogP contribution in [0, 0.1) is 11.8 Å². The molecule has 2 aromatic carbocycles. The molecule has 3 fully saturated rings. The first kappa shape index (κ1) is 18.5. The van der Waals surface area contributed by atoms with Crippen molar-refractivity contribution in [1.82, 2.24) is 4.98 Å². The zero-order valence-electron chi connectivity index (χ0n) is 16.8. The van der Waals surface area contributed by atoms with Crippen LogP contribution in [0.4, 0.5) is 0 Å². The zero-order valence-corrected chi connectivity index (χ0v) is 16.8. The van der Waals surface area contributed by atoms with E-state index in [1.54, 1.807) is 0 Å². The minimum Gasteiger partial charge on any atom is -0.382 e. The van der Waals surface area contributed by atoms with Gasteiger partial charge in [-0.15, -0.1) is 6.58 Å². The predicted octanol–water partition coefficient (Wildman–Crippen LogP) is 4.88. The molecule has 3 aliphatic heterocycles. The van der Waals surface area contributed by atoms with Crippen molar-refractivity contribution in [2.24, 2.45) is 11.8 Å². The number of piperidine rings is 3. The third kappa shape index (κ3) is 3.19. The molecule has 0 saturated carbocycles. The molecule has 0 amide bonds. The smallest absolute Gasteiger partial charge is 0.131 e. The summed E-state index contributed by atoms with van der Waals surface area (Å²) in [5.74, 6) is 1.18. The second-order valence-electron chi connectivity index (χ2n) is 8.88. The van der Waals surface area contributed by atoms with Gasteiger partial charge in [-0.25, -0.2) is 0 Å². The fraction of sp³-hybridized carbons (Fsp3) is 0.346. The second-order valence-corrected chi connectivity index (χ2v) is 8.88. The van der Waals surface area contributed by atoms with E-state index in [9.17, 15) is 5.11 Å². The van der Waals surface area contributed by atoms with E-state index >= 15 is 0 Å². The van der Waals surface area contributed by atoms with Crippen molar-refractivity contribution in [2.75, 3.05) is 13.1 Å². The van der Waals surface area contributed by atoms with Gasteiger partial charge in [0.05, 0.1) is 18.6 Å². The lowest BCUT2D eigenvalue weighted by Gasteiger charge is -2.58. The standard InChI is InChI=1S/C26H29N2O/c1-2-20-18-28(17-19-8-4-3-5-9-19)15-13-21(20)16-25(28)26(29)23-12-14-27-24-11-7-6-10-22(23)24/h2-12,14,20-21,25-26,29H,1,13,15-18H2/q+1/t20-,21+,25-,26+,28+/m1/s1. The number of pyridine rings is 1. The Labute approximate surface area is 172 Å². The molecule has 3 nitrogen and oxygen atoms in total. The topological polar surface area (TPSA) is 33.1 Å². The molecule has 5 atom stereocenters. The molecule has 3 aliphatic rings. The monoisotopic (exact) mass is 385 g/mol. The van der Waals surface area contributed by atoms with Gasteiger partial charge in [0.1, 0.15) is 18.7 Å². The first-order valence-corrected chi connectivity index (χ1v) is 10.7. The number of rotatable bonds is 5. The molecule has 3 saturated heterocycles. The van der Waals surface area contributed by atoms with Crippen LogP contribution in [-0.4, -0.2) is 33.7 Å². The van der Waals surface area contributed by atoms with E-state index in [1.165, 1.54) is 12.0 Å². The highest BCUT2D eigenvalue weighted by atomic mass is 16.3. The van der Waals surface area contributed by atoms with Gasteiger partial charge in [0.15, 0.2) is 0 Å². The number of quaternary nitrogens is 1. The molecule has 2 bridgehead atoms. The van der Waals surface area contributed by atoms with Crippen LogP contribution in [-0.2, 0) is 6.54 Å². The van der Waals surface area contributed by atoms with Gasteiger partial charge < -0.3 is 9.59 Å². The Bertz CT molecular complexity index is 1010. The van der Waals surface area contributed by atoms with Crippen molar-refractivity contribution >= 4 is 10.9 Å². The van der Waals surface area contributed by atoms with Crippen LogP contribution < -0.4 is 0 Å². The maximum atomic E-state index is 11.7. The van der Waals surface area contributed by atoms with Crippen LogP contribution in [0.3, 0.4) is 0 Å². The highest BCUT2D eigenvalue weighted by molar-refractivity contribution is 5.82. The first-order valence-electron chi connectivity index (χ1n) is 10.7. The number of aliphatic hydroxyl groups is 1. The van der Waals surface area contributed by atoms with Crippen LogP contribution in [0.25, 0.3) is 10.9 Å². The van der Waals surface area contributed by atoms with Crippen LogP contribution in [0.2, 0.25) is 0 Å². The molecule has 6 rings (SSSR count). The Morgan fingerprint density at radius 3 is 2.72 bits per heavy atom. The number of para-hydroxylation sites is 1. The first-order chi connectivity index (χ1) is 14.2. The van der Waals surface area contributed by atoms with Crippen LogP contribution in [0.1, 0.15) is 30.1 Å². The molecule has 148 valence electrons. The summed E-state index contributed by atoms with van der Waals surface area (Å²) in [5.41, 5.74) is 3.33. The Kier molecular flexibility index (Phi) is 4.73. The summed E-state index contributed by atoms with van der Waals surface area (Å²) in [6.07, 6.45) is 5.79. The molecule has 1 aromatic heterocycles. The Balaban J connectivity index is 1.56. The molecule has 0 radical (unpaired) electrons. The minimum absolute atomic E-state index is 0.205. The molecule has 0 spiro atoms. The minimum atomic E-state index is -0.486. The molecular weight excluding hydrogens is 356 g/mol. The van der Waals surface area contributed by atoms with E-state index in [0.717, 1.165) is 47.0 Å². The van der Waals surface area contributed by atoms with E-state index in [0.29, 0.717) is 11.8 Å². The molecule has 3 aromatic rings. The van der Waals surface area contributed by atoms with E-state index < -0.39 is 6.10 Å². The van der Waals surface area contributed by atoms with E-state index in [-0.39, 0.29) is 6.04 Å². The van der Waals surface area contributed by atoms with E-state index in [1.807, 2.05) is 30.5 Å². The van der Waals surface area contributed by atoms with Gasteiger partial charge in [0, 0.05) is 35.9 Å².